The molecular formula is C8H10ClNO2. The van der Waals surface area contributed by atoms with Crippen LogP contribution in [0.2, 0.25) is 0 Å². The lowest BCUT2D eigenvalue weighted by Crippen LogP contribution is -3.00. The van der Waals surface area contributed by atoms with Gasteiger partial charge in [0.1, 0.15) is 0 Å². The predicted molar refractivity (Wildman–Crippen MR) is 40.0 cm³/mol. The number of hydrogen-bond acceptors (Lipinski definition) is 1. The van der Waals surface area contributed by atoms with Gasteiger partial charge in [-0.05, 0) is 12.1 Å². The van der Waals surface area contributed by atoms with Crippen LogP contribution in [-0.4, -0.2) is 11.1 Å². The highest BCUT2D eigenvalue weighted by molar-refractivity contribution is 5.87. The van der Waals surface area contributed by atoms with Crippen LogP contribution in [0.5, 0.6) is 0 Å². The third-order valence-corrected chi connectivity index (χ3v) is 1.34. The molecule has 0 radical (unpaired) electrons. The summed E-state index contributed by atoms with van der Waals surface area (Å²) in [5, 5.41) is 8.57. The summed E-state index contributed by atoms with van der Waals surface area (Å²) in [6, 6.07) is 5.58. The van der Waals surface area contributed by atoms with Gasteiger partial charge in [-0.1, -0.05) is 12.1 Å². The van der Waals surface area contributed by atoms with E-state index < -0.39 is 12.5 Å². The standard InChI is InChI=1S/C8H9NO2.ClH/c9-5-6-1-3-7(4-2-6)8(10)11;/h1-4H,5,9H2,(H,10,11);1H/i5D2;. The molecule has 0 atom stereocenters. The Balaban J connectivity index is 0.00000169. The number of carboxylic acid groups (broad SMARTS) is 1. The van der Waals surface area contributed by atoms with Gasteiger partial charge in [-0.3, -0.25) is 0 Å². The SMILES string of the molecule is [2H]C([2H])([NH3+])c1ccc(C(=O)O)cc1.[Cl-]. The summed E-state index contributed by atoms with van der Waals surface area (Å²) in [7, 11) is 0. The molecule has 0 unspecified atom stereocenters. The third-order valence-electron chi connectivity index (χ3n) is 1.34. The third kappa shape index (κ3) is 2.53. The van der Waals surface area contributed by atoms with Crippen molar-refractivity contribution in [3.63, 3.8) is 0 Å². The number of quaternary nitrogens is 1. The van der Waals surface area contributed by atoms with Gasteiger partial charge in [-0.25, -0.2) is 4.79 Å². The predicted octanol–water partition coefficient (Wildman–Crippen LogP) is -2.87. The molecule has 0 saturated carbocycles. The lowest BCUT2D eigenvalue weighted by atomic mass is 10.1. The van der Waals surface area contributed by atoms with Gasteiger partial charge in [0, 0.05) is 5.56 Å². The van der Waals surface area contributed by atoms with E-state index in [1.54, 1.807) is 0 Å². The fourth-order valence-corrected chi connectivity index (χ4v) is 0.731. The van der Waals surface area contributed by atoms with E-state index >= 15 is 0 Å². The Morgan fingerprint density at radius 2 is 2.00 bits per heavy atom. The smallest absolute Gasteiger partial charge is 0.335 e. The molecule has 0 heterocycles. The molecule has 0 aliphatic carbocycles. The van der Waals surface area contributed by atoms with Gasteiger partial charge in [0.05, 0.1) is 14.8 Å². The second-order valence-corrected chi connectivity index (χ2v) is 2.06. The number of carbonyl (C=O) groups is 1. The van der Waals surface area contributed by atoms with Crippen LogP contribution in [0.25, 0.3) is 0 Å². The van der Waals surface area contributed by atoms with Crippen LogP contribution in [0.3, 0.4) is 0 Å². The maximum Gasteiger partial charge on any atom is 0.335 e. The first-order valence-corrected chi connectivity index (χ1v) is 3.10. The lowest BCUT2D eigenvalue weighted by Gasteiger charge is -1.94. The average molecular weight is 190 g/mol. The fraction of sp³-hybridized carbons (Fsp3) is 0.125. The van der Waals surface area contributed by atoms with Gasteiger partial charge in [0.15, 0.2) is 0 Å². The molecule has 4 N–H and O–H groups in total. The number of aromatic carboxylic acids is 1. The number of rotatable bonds is 2. The maximum atomic E-state index is 10.5. The molecule has 1 aromatic rings. The van der Waals surface area contributed by atoms with Crippen molar-refractivity contribution >= 4 is 5.97 Å². The molecular weight excluding hydrogens is 178 g/mol. The molecule has 0 aliphatic heterocycles. The highest BCUT2D eigenvalue weighted by atomic mass is 35.5. The van der Waals surface area contributed by atoms with E-state index in [-0.39, 0.29) is 18.0 Å². The molecule has 12 heavy (non-hydrogen) atoms. The first kappa shape index (κ1) is 7.58. The van der Waals surface area contributed by atoms with Crippen LogP contribution in [0.4, 0.5) is 0 Å². The Hall–Kier alpha value is -1.06. The van der Waals surface area contributed by atoms with E-state index in [4.69, 9.17) is 7.85 Å². The Bertz CT molecular complexity index is 321. The molecule has 1 rings (SSSR count). The molecule has 0 amide bonds. The van der Waals surface area contributed by atoms with Crippen molar-refractivity contribution in [3.8, 4) is 0 Å². The summed E-state index contributed by atoms with van der Waals surface area (Å²) < 4.78 is 14.5. The van der Waals surface area contributed by atoms with E-state index in [1.807, 2.05) is 0 Å². The second-order valence-electron chi connectivity index (χ2n) is 2.06. The van der Waals surface area contributed by atoms with Crippen molar-refractivity contribution in [1.82, 2.24) is 0 Å². The number of benzene rings is 1. The van der Waals surface area contributed by atoms with Gasteiger partial charge >= 0.3 is 5.97 Å². The van der Waals surface area contributed by atoms with E-state index in [2.05, 4.69) is 5.73 Å². The monoisotopic (exact) mass is 189 g/mol. The van der Waals surface area contributed by atoms with Gasteiger partial charge in [-0.2, -0.15) is 0 Å². The van der Waals surface area contributed by atoms with Crippen molar-refractivity contribution in [2.24, 2.45) is 0 Å². The highest BCUT2D eigenvalue weighted by Crippen LogP contribution is 2.02. The molecule has 0 spiro atoms. The molecule has 0 bridgehead atoms. The van der Waals surface area contributed by atoms with Gasteiger partial charge < -0.3 is 23.2 Å². The molecule has 3 nitrogen and oxygen atoms in total. The Labute approximate surface area is 79.4 Å². The Kier molecular flexibility index (Phi) is 3.00. The van der Waals surface area contributed by atoms with Crippen LogP contribution in [0, 0.1) is 0 Å². The summed E-state index contributed by atoms with van der Waals surface area (Å²) in [6.07, 6.45) is 0. The Morgan fingerprint density at radius 1 is 1.50 bits per heavy atom. The molecule has 0 fully saturated rings. The quantitative estimate of drug-likeness (QED) is 0.526. The molecule has 1 aromatic carbocycles. The zero-order chi connectivity index (χ0) is 10.1. The minimum Gasteiger partial charge on any atom is -1.00 e. The molecule has 4 heteroatoms. The van der Waals surface area contributed by atoms with Crippen LogP contribution in [0.15, 0.2) is 24.3 Å². The zero-order valence-corrected chi connectivity index (χ0v) is 7.01. The normalized spacial score (nSPS) is 12.4. The largest absolute Gasteiger partial charge is 1.00 e. The van der Waals surface area contributed by atoms with Crippen molar-refractivity contribution in [2.45, 2.75) is 6.50 Å². The van der Waals surface area contributed by atoms with Crippen molar-refractivity contribution < 1.29 is 30.8 Å². The second kappa shape index (κ2) is 4.74. The van der Waals surface area contributed by atoms with Gasteiger partial charge in [-0.15, -0.1) is 0 Å². The lowest BCUT2D eigenvalue weighted by molar-refractivity contribution is -0.386. The van der Waals surface area contributed by atoms with Crippen LogP contribution < -0.4 is 18.1 Å². The first-order chi connectivity index (χ1) is 5.91. The van der Waals surface area contributed by atoms with E-state index in [1.165, 1.54) is 24.3 Å². The first-order valence-electron chi connectivity index (χ1n) is 4.10. The van der Waals surface area contributed by atoms with Gasteiger partial charge in [0.2, 0.25) is 0 Å². The summed E-state index contributed by atoms with van der Waals surface area (Å²) in [5.74, 6) is -1.02. The molecule has 0 aromatic heterocycles. The summed E-state index contributed by atoms with van der Waals surface area (Å²) in [6.45, 7) is -1.67. The summed E-state index contributed by atoms with van der Waals surface area (Å²) in [5.41, 5.74) is 3.82. The van der Waals surface area contributed by atoms with Gasteiger partial charge in [0.25, 0.3) is 0 Å². The molecule has 66 valence electrons. The fourth-order valence-electron chi connectivity index (χ4n) is 0.731. The minimum absolute atomic E-state index is 0. The van der Waals surface area contributed by atoms with Crippen LogP contribution in [0.1, 0.15) is 18.7 Å². The number of halogens is 1. The van der Waals surface area contributed by atoms with Crippen molar-refractivity contribution in [3.05, 3.63) is 35.4 Å². The van der Waals surface area contributed by atoms with E-state index in [0.717, 1.165) is 0 Å². The van der Waals surface area contributed by atoms with Crippen molar-refractivity contribution in [1.29, 1.82) is 0 Å². The van der Waals surface area contributed by atoms with E-state index in [9.17, 15) is 4.79 Å². The van der Waals surface area contributed by atoms with Crippen molar-refractivity contribution in [2.75, 3.05) is 0 Å². The minimum atomic E-state index is -1.67. The van der Waals surface area contributed by atoms with Crippen LogP contribution in [-0.2, 0) is 6.50 Å². The number of carboxylic acids is 1. The Morgan fingerprint density at radius 3 is 2.33 bits per heavy atom. The summed E-state index contributed by atoms with van der Waals surface area (Å²) in [4.78, 5) is 10.5. The zero-order valence-electron chi connectivity index (χ0n) is 8.25. The molecule has 0 aliphatic rings. The topological polar surface area (TPSA) is 64.9 Å². The number of hydrogen-bond donors (Lipinski definition) is 2. The maximum absolute atomic E-state index is 10.5. The molecule has 0 saturated heterocycles. The summed E-state index contributed by atoms with van der Waals surface area (Å²) >= 11 is 0. The highest BCUT2D eigenvalue weighted by Gasteiger charge is 2.00. The van der Waals surface area contributed by atoms with Crippen LogP contribution >= 0.6 is 0 Å². The average Bonchev–Trinajstić information content (AvgIpc) is 2.03. The van der Waals surface area contributed by atoms with E-state index in [0.29, 0.717) is 5.56 Å².